The maximum Gasteiger partial charge on any atom is 0.310 e. The van der Waals surface area contributed by atoms with E-state index in [1.54, 1.807) is 0 Å². The Morgan fingerprint density at radius 2 is 2.05 bits per heavy atom. The number of aliphatic carboxylic acids is 1. The highest BCUT2D eigenvalue weighted by Crippen LogP contribution is 2.61. The van der Waals surface area contributed by atoms with Gasteiger partial charge in [-0.15, -0.1) is 0 Å². The summed E-state index contributed by atoms with van der Waals surface area (Å²) < 4.78 is 0. The number of hydrogen-bond donors (Lipinski definition) is 1. The Bertz CT molecular complexity index is 708. The lowest BCUT2D eigenvalue weighted by Gasteiger charge is -2.46. The fraction of sp³-hybridized carbons (Fsp3) is 0.278. The monoisotopic (exact) mass is 263 g/mol. The van der Waals surface area contributed by atoms with Gasteiger partial charge in [0.05, 0.1) is 34.5 Å². The number of hydrogen-bond acceptors (Lipinski definition) is 1. The first-order valence-corrected chi connectivity index (χ1v) is 6.95. The number of carboxylic acids is 1. The number of fused-ring (bicyclic) bond motifs is 1. The topological polar surface area (TPSA) is 37.3 Å². The van der Waals surface area contributed by atoms with E-state index in [1.165, 1.54) is 22.3 Å². The van der Waals surface area contributed by atoms with Crippen LogP contribution in [0.5, 0.6) is 0 Å². The minimum absolute atomic E-state index is 0.0502. The van der Waals surface area contributed by atoms with Crippen molar-refractivity contribution in [3.63, 3.8) is 0 Å². The highest BCUT2D eigenvalue weighted by Gasteiger charge is 2.57. The van der Waals surface area contributed by atoms with Gasteiger partial charge in [-0.25, -0.2) is 0 Å². The summed E-state index contributed by atoms with van der Waals surface area (Å²) in [5, 5.41) is 9.76. The molecule has 1 aromatic carbocycles. The molecule has 3 unspecified atom stereocenters. The van der Waals surface area contributed by atoms with E-state index in [4.69, 9.17) is 0 Å². The van der Waals surface area contributed by atoms with Gasteiger partial charge in [0.25, 0.3) is 0 Å². The molecule has 0 aliphatic heterocycles. The SMILES string of the molecule is CC1(C(=O)O)CC2C3=C(C=C[C+]=C3)C1c1ccccc12. The minimum Gasteiger partial charge on any atom is -0.481 e. The number of benzene rings is 1. The molecule has 2 bridgehead atoms. The van der Waals surface area contributed by atoms with Crippen molar-refractivity contribution in [1.82, 2.24) is 0 Å². The van der Waals surface area contributed by atoms with Gasteiger partial charge < -0.3 is 5.11 Å². The van der Waals surface area contributed by atoms with Gasteiger partial charge in [-0.2, -0.15) is 0 Å². The Morgan fingerprint density at radius 1 is 1.30 bits per heavy atom. The van der Waals surface area contributed by atoms with Crippen LogP contribution in [0.2, 0.25) is 0 Å². The average molecular weight is 263 g/mol. The molecule has 20 heavy (non-hydrogen) atoms. The van der Waals surface area contributed by atoms with E-state index >= 15 is 0 Å². The van der Waals surface area contributed by atoms with Gasteiger partial charge in [0.1, 0.15) is 12.2 Å². The molecule has 3 atom stereocenters. The Kier molecular flexibility index (Phi) is 2.14. The fourth-order valence-corrected chi connectivity index (χ4v) is 4.11. The molecule has 1 aromatic rings. The molecule has 5 rings (SSSR count). The Hall–Kier alpha value is -2.18. The van der Waals surface area contributed by atoms with Gasteiger partial charge in [-0.3, -0.25) is 4.79 Å². The molecular formula is C18H15O2+. The predicted molar refractivity (Wildman–Crippen MR) is 76.3 cm³/mol. The quantitative estimate of drug-likeness (QED) is 0.786. The highest BCUT2D eigenvalue weighted by molar-refractivity contribution is 5.80. The van der Waals surface area contributed by atoms with E-state index < -0.39 is 11.4 Å². The van der Waals surface area contributed by atoms with Crippen LogP contribution < -0.4 is 0 Å². The van der Waals surface area contributed by atoms with Gasteiger partial charge in [0, 0.05) is 6.08 Å². The Labute approximate surface area is 118 Å². The molecule has 2 nitrogen and oxygen atoms in total. The summed E-state index contributed by atoms with van der Waals surface area (Å²) in [6.45, 7) is 1.89. The molecule has 2 heteroatoms. The van der Waals surface area contributed by atoms with E-state index in [2.05, 4.69) is 18.2 Å². The third kappa shape index (κ3) is 1.25. The summed E-state index contributed by atoms with van der Waals surface area (Å²) >= 11 is 0. The first kappa shape index (κ1) is 11.6. The molecule has 0 aromatic heterocycles. The molecule has 0 spiro atoms. The Morgan fingerprint density at radius 3 is 2.80 bits per heavy atom. The van der Waals surface area contributed by atoms with E-state index in [0.717, 1.165) is 0 Å². The van der Waals surface area contributed by atoms with Gasteiger partial charge in [0.15, 0.2) is 0 Å². The summed E-state index contributed by atoms with van der Waals surface area (Å²) in [6.07, 6.45) is 9.79. The number of carboxylic acid groups (broad SMARTS) is 1. The van der Waals surface area contributed by atoms with E-state index in [-0.39, 0.29) is 11.8 Å². The van der Waals surface area contributed by atoms with Crippen LogP contribution >= 0.6 is 0 Å². The van der Waals surface area contributed by atoms with Crippen LogP contribution in [0, 0.1) is 11.5 Å². The van der Waals surface area contributed by atoms with Crippen molar-refractivity contribution in [2.45, 2.75) is 25.2 Å². The zero-order valence-electron chi connectivity index (χ0n) is 11.3. The molecule has 0 amide bonds. The third-order valence-electron chi connectivity index (χ3n) is 5.05. The second-order valence-electron chi connectivity index (χ2n) is 6.10. The maximum atomic E-state index is 11.9. The van der Waals surface area contributed by atoms with E-state index in [9.17, 15) is 9.90 Å². The van der Waals surface area contributed by atoms with E-state index in [1.807, 2.05) is 37.3 Å². The normalized spacial score (nSPS) is 32.6. The molecule has 0 fully saturated rings. The number of carbonyl (C=O) groups is 1. The maximum absolute atomic E-state index is 11.9. The predicted octanol–water partition coefficient (Wildman–Crippen LogP) is 3.59. The fourth-order valence-electron chi connectivity index (χ4n) is 4.11. The van der Waals surface area contributed by atoms with Crippen LogP contribution in [0.4, 0.5) is 0 Å². The molecule has 0 heterocycles. The lowest BCUT2D eigenvalue weighted by Crippen LogP contribution is -2.44. The molecular weight excluding hydrogens is 248 g/mol. The number of rotatable bonds is 1. The van der Waals surface area contributed by atoms with Crippen LogP contribution in [0.25, 0.3) is 0 Å². The van der Waals surface area contributed by atoms with Crippen molar-refractivity contribution in [3.8, 4) is 0 Å². The number of allylic oxidation sites excluding steroid dienone is 6. The third-order valence-corrected chi connectivity index (χ3v) is 5.05. The zero-order valence-corrected chi connectivity index (χ0v) is 11.3. The zero-order chi connectivity index (χ0) is 13.9. The average Bonchev–Trinajstić information content (AvgIpc) is 2.47. The summed E-state index contributed by atoms with van der Waals surface area (Å²) in [5.41, 5.74) is 4.20. The van der Waals surface area contributed by atoms with Crippen molar-refractivity contribution in [3.05, 3.63) is 70.8 Å². The Balaban J connectivity index is 2.03. The van der Waals surface area contributed by atoms with Gasteiger partial charge in [-0.1, -0.05) is 24.3 Å². The molecule has 0 saturated heterocycles. The minimum atomic E-state index is -0.715. The van der Waals surface area contributed by atoms with Crippen molar-refractivity contribution >= 4 is 5.97 Å². The van der Waals surface area contributed by atoms with Crippen molar-refractivity contribution < 1.29 is 9.90 Å². The van der Waals surface area contributed by atoms with Crippen LogP contribution in [-0.2, 0) is 4.79 Å². The van der Waals surface area contributed by atoms with Gasteiger partial charge in [0.2, 0.25) is 0 Å². The summed E-state index contributed by atoms with van der Waals surface area (Å²) in [6, 6.07) is 8.29. The van der Waals surface area contributed by atoms with E-state index in [0.29, 0.717) is 6.42 Å². The smallest absolute Gasteiger partial charge is 0.310 e. The van der Waals surface area contributed by atoms with Crippen molar-refractivity contribution in [2.75, 3.05) is 0 Å². The molecule has 0 saturated carbocycles. The lowest BCUT2D eigenvalue weighted by molar-refractivity contribution is -0.150. The highest BCUT2D eigenvalue weighted by atomic mass is 16.4. The molecule has 0 radical (unpaired) electrons. The molecule has 4 aliphatic rings. The van der Waals surface area contributed by atoms with Gasteiger partial charge in [-0.05, 0) is 24.5 Å². The molecule has 1 N–H and O–H groups in total. The van der Waals surface area contributed by atoms with Crippen LogP contribution in [-0.4, -0.2) is 11.1 Å². The van der Waals surface area contributed by atoms with Crippen molar-refractivity contribution in [1.29, 1.82) is 0 Å². The van der Waals surface area contributed by atoms with Crippen LogP contribution in [0.3, 0.4) is 0 Å². The van der Waals surface area contributed by atoms with Crippen molar-refractivity contribution in [2.24, 2.45) is 5.41 Å². The summed E-state index contributed by atoms with van der Waals surface area (Å²) in [5.74, 6) is -0.559. The van der Waals surface area contributed by atoms with Crippen LogP contribution in [0.15, 0.2) is 53.6 Å². The second-order valence-corrected chi connectivity index (χ2v) is 6.10. The first-order valence-electron chi connectivity index (χ1n) is 6.95. The lowest BCUT2D eigenvalue weighted by atomic mass is 9.52. The van der Waals surface area contributed by atoms with Crippen LogP contribution in [0.1, 0.15) is 36.3 Å². The largest absolute Gasteiger partial charge is 0.481 e. The molecule has 98 valence electrons. The van der Waals surface area contributed by atoms with Gasteiger partial charge >= 0.3 is 5.97 Å². The second kappa shape index (κ2) is 3.68. The summed E-state index contributed by atoms with van der Waals surface area (Å²) in [7, 11) is 0. The standard InChI is InChI=1S/C18H14O2/c1-18(17(19)20)10-15-11-6-2-4-8-13(11)16(18)14-9-5-3-7-12(14)15/h2,4-9,15-16H,10H2,1H3/p+1. The molecule has 4 aliphatic carbocycles. The first-order chi connectivity index (χ1) is 9.63. The summed E-state index contributed by atoms with van der Waals surface area (Å²) in [4.78, 5) is 11.9.